The summed E-state index contributed by atoms with van der Waals surface area (Å²) >= 11 is 0. The zero-order valence-electron chi connectivity index (χ0n) is 13.4. The molecule has 22 heavy (non-hydrogen) atoms. The largest absolute Gasteiger partial charge is 0.493 e. The molecule has 2 aromatic rings. The first-order valence-corrected chi connectivity index (χ1v) is 7.59. The number of ether oxygens (including phenoxy) is 2. The molecule has 4 rings (SSSR count). The van der Waals surface area contributed by atoms with Gasteiger partial charge in [-0.25, -0.2) is 0 Å². The Morgan fingerprint density at radius 2 is 1.86 bits per heavy atom. The van der Waals surface area contributed by atoms with Crippen molar-refractivity contribution in [2.45, 2.75) is 25.3 Å². The van der Waals surface area contributed by atoms with E-state index in [1.807, 2.05) is 28.6 Å². The summed E-state index contributed by atoms with van der Waals surface area (Å²) in [6.45, 7) is 3.03. The van der Waals surface area contributed by atoms with E-state index in [2.05, 4.69) is 6.92 Å². The van der Waals surface area contributed by atoms with Gasteiger partial charge < -0.3 is 18.9 Å². The van der Waals surface area contributed by atoms with Gasteiger partial charge in [0.1, 0.15) is 5.69 Å². The Morgan fingerprint density at radius 1 is 1.18 bits per heavy atom. The van der Waals surface area contributed by atoms with Crippen molar-refractivity contribution in [2.75, 3.05) is 20.8 Å². The van der Waals surface area contributed by atoms with Crippen LogP contribution in [0.4, 0.5) is 0 Å². The monoisotopic (exact) mass is 300 g/mol. The first-order chi connectivity index (χ1) is 10.5. The van der Waals surface area contributed by atoms with Gasteiger partial charge >= 0.3 is 0 Å². The van der Waals surface area contributed by atoms with E-state index in [9.17, 15) is 4.79 Å². The molecular weight excluding hydrogens is 280 g/mol. The first kappa shape index (κ1) is 13.5. The zero-order chi connectivity index (χ0) is 15.6. The predicted molar refractivity (Wildman–Crippen MR) is 83.6 cm³/mol. The first-order valence-electron chi connectivity index (χ1n) is 7.59. The van der Waals surface area contributed by atoms with Crippen molar-refractivity contribution in [3.05, 3.63) is 23.4 Å². The van der Waals surface area contributed by atoms with Crippen molar-refractivity contribution in [3.63, 3.8) is 0 Å². The van der Waals surface area contributed by atoms with Crippen molar-refractivity contribution in [1.29, 1.82) is 0 Å². The number of rotatable bonds is 2. The average Bonchev–Trinajstić information content (AvgIpc) is 3.10. The number of nitrogens with zero attached hydrogens (tertiary/aromatic N) is 2. The van der Waals surface area contributed by atoms with Crippen LogP contribution in [0.5, 0.6) is 11.5 Å². The van der Waals surface area contributed by atoms with Gasteiger partial charge in [-0.15, -0.1) is 0 Å². The molecule has 1 aromatic heterocycles. The van der Waals surface area contributed by atoms with Crippen LogP contribution in [-0.2, 0) is 12.6 Å². The van der Waals surface area contributed by atoms with Gasteiger partial charge in [0.15, 0.2) is 11.5 Å². The summed E-state index contributed by atoms with van der Waals surface area (Å²) in [6.07, 6.45) is 2.07. The molecule has 0 bridgehead atoms. The quantitative estimate of drug-likeness (QED) is 0.856. The lowest BCUT2D eigenvalue weighted by molar-refractivity contribution is 0.0681. The number of fused-ring (bicyclic) bond motifs is 5. The number of hydrogen-bond donors (Lipinski definition) is 0. The van der Waals surface area contributed by atoms with Crippen LogP contribution in [0.25, 0.3) is 10.9 Å². The lowest BCUT2D eigenvalue weighted by Gasteiger charge is -2.28. The summed E-state index contributed by atoms with van der Waals surface area (Å²) in [5.74, 6) is 1.54. The summed E-state index contributed by atoms with van der Waals surface area (Å²) in [5, 5.41) is 1.09. The minimum absolute atomic E-state index is 0.145. The maximum absolute atomic E-state index is 12.8. The predicted octanol–water partition coefficient (Wildman–Crippen LogP) is 2.66. The van der Waals surface area contributed by atoms with E-state index in [-0.39, 0.29) is 11.4 Å². The Balaban J connectivity index is 2.09. The zero-order valence-corrected chi connectivity index (χ0v) is 13.4. The molecule has 2 aliphatic heterocycles. The number of amides is 1. The molecule has 1 saturated heterocycles. The van der Waals surface area contributed by atoms with E-state index in [4.69, 9.17) is 9.47 Å². The van der Waals surface area contributed by atoms with Crippen LogP contribution in [0.2, 0.25) is 0 Å². The molecule has 3 heterocycles. The molecule has 1 atom stereocenters. The normalized spacial score (nSPS) is 23.1. The van der Waals surface area contributed by atoms with E-state index in [1.54, 1.807) is 14.2 Å². The summed E-state index contributed by atoms with van der Waals surface area (Å²) in [4.78, 5) is 14.8. The maximum atomic E-state index is 12.8. The SMILES string of the molecule is COc1cc2c3c(n(C)c2cc1OC)C(=O)N1CCCC31C. The molecule has 116 valence electrons. The van der Waals surface area contributed by atoms with E-state index in [0.29, 0.717) is 11.5 Å². The van der Waals surface area contributed by atoms with Gasteiger partial charge in [-0.1, -0.05) is 0 Å². The molecule has 0 N–H and O–H groups in total. The number of aromatic nitrogens is 1. The second-order valence-electron chi connectivity index (χ2n) is 6.34. The molecule has 0 radical (unpaired) electrons. The Labute approximate surface area is 129 Å². The van der Waals surface area contributed by atoms with E-state index in [1.165, 1.54) is 0 Å². The smallest absolute Gasteiger partial charge is 0.271 e. The highest BCUT2D eigenvalue weighted by molar-refractivity contribution is 6.07. The van der Waals surface area contributed by atoms with Crippen LogP contribution in [0.15, 0.2) is 12.1 Å². The minimum atomic E-state index is -0.189. The summed E-state index contributed by atoms with van der Waals surface area (Å²) < 4.78 is 12.9. The maximum Gasteiger partial charge on any atom is 0.271 e. The fraction of sp³-hybridized carbons (Fsp3) is 0.471. The standard InChI is InChI=1S/C17H20N2O3/c1-17-6-5-7-19(17)16(20)15-14(17)10-8-12(21-3)13(22-4)9-11(10)18(15)2/h8-9H,5-7H2,1-4H3. The van der Waals surface area contributed by atoms with Gasteiger partial charge in [-0.3, -0.25) is 4.79 Å². The molecule has 0 aliphatic carbocycles. The fourth-order valence-electron chi connectivity index (χ4n) is 4.23. The number of carbonyl (C=O) groups is 1. The number of methoxy groups -OCH3 is 2. The van der Waals surface area contributed by atoms with Crippen molar-refractivity contribution in [3.8, 4) is 11.5 Å². The number of benzene rings is 1. The highest BCUT2D eigenvalue weighted by Crippen LogP contribution is 2.51. The third-order valence-corrected chi connectivity index (χ3v) is 5.33. The summed E-state index contributed by atoms with van der Waals surface area (Å²) in [6, 6.07) is 3.97. The van der Waals surface area contributed by atoms with Crippen molar-refractivity contribution < 1.29 is 14.3 Å². The van der Waals surface area contributed by atoms with Gasteiger partial charge in [0.05, 0.1) is 25.3 Å². The molecule has 1 amide bonds. The van der Waals surface area contributed by atoms with E-state index < -0.39 is 0 Å². The van der Waals surface area contributed by atoms with E-state index in [0.717, 1.165) is 41.5 Å². The highest BCUT2D eigenvalue weighted by atomic mass is 16.5. The molecular formula is C17H20N2O3. The Hall–Kier alpha value is -2.17. The van der Waals surface area contributed by atoms with Crippen LogP contribution < -0.4 is 9.47 Å². The molecule has 1 unspecified atom stereocenters. The molecule has 0 spiro atoms. The van der Waals surface area contributed by atoms with Gasteiger partial charge in [0.25, 0.3) is 5.91 Å². The molecule has 0 saturated carbocycles. The topological polar surface area (TPSA) is 43.7 Å². The summed E-state index contributed by atoms with van der Waals surface area (Å²) in [5.41, 5.74) is 2.79. The molecule has 1 fully saturated rings. The Kier molecular flexibility index (Phi) is 2.56. The van der Waals surface area contributed by atoms with Crippen LogP contribution in [-0.4, -0.2) is 36.1 Å². The molecule has 1 aromatic carbocycles. The molecule has 5 heteroatoms. The Morgan fingerprint density at radius 3 is 2.55 bits per heavy atom. The molecule has 5 nitrogen and oxygen atoms in total. The minimum Gasteiger partial charge on any atom is -0.493 e. The fourth-order valence-corrected chi connectivity index (χ4v) is 4.23. The number of aryl methyl sites for hydroxylation is 1. The van der Waals surface area contributed by atoms with E-state index >= 15 is 0 Å². The number of carbonyl (C=O) groups excluding carboxylic acids is 1. The van der Waals surface area contributed by atoms with Crippen molar-refractivity contribution >= 4 is 16.8 Å². The van der Waals surface area contributed by atoms with Crippen LogP contribution >= 0.6 is 0 Å². The lowest BCUT2D eigenvalue weighted by atomic mass is 9.90. The molecule has 2 aliphatic rings. The Bertz CT molecular complexity index is 808. The van der Waals surface area contributed by atoms with Gasteiger partial charge in [-0.2, -0.15) is 0 Å². The number of hydrogen-bond acceptors (Lipinski definition) is 3. The van der Waals surface area contributed by atoms with Crippen LogP contribution in [0, 0.1) is 0 Å². The van der Waals surface area contributed by atoms with Gasteiger partial charge in [-0.05, 0) is 25.8 Å². The van der Waals surface area contributed by atoms with Crippen LogP contribution in [0.1, 0.15) is 35.8 Å². The average molecular weight is 300 g/mol. The van der Waals surface area contributed by atoms with Gasteiger partial charge in [0.2, 0.25) is 0 Å². The lowest BCUT2D eigenvalue weighted by Crippen LogP contribution is -2.36. The summed E-state index contributed by atoms with van der Waals surface area (Å²) in [7, 11) is 5.23. The van der Waals surface area contributed by atoms with Crippen molar-refractivity contribution in [2.24, 2.45) is 7.05 Å². The second-order valence-corrected chi connectivity index (χ2v) is 6.34. The highest BCUT2D eigenvalue weighted by Gasteiger charge is 2.52. The van der Waals surface area contributed by atoms with Crippen molar-refractivity contribution in [1.82, 2.24) is 9.47 Å². The van der Waals surface area contributed by atoms with Crippen LogP contribution in [0.3, 0.4) is 0 Å². The third kappa shape index (κ3) is 1.36. The second kappa shape index (κ2) is 4.18. The third-order valence-electron chi connectivity index (χ3n) is 5.33. The van der Waals surface area contributed by atoms with Gasteiger partial charge in [0, 0.05) is 30.6 Å².